The quantitative estimate of drug-likeness (QED) is 0.877. The van der Waals surface area contributed by atoms with Crippen LogP contribution in [0.5, 0.6) is 17.2 Å². The Balaban J connectivity index is 2.59. The van der Waals surface area contributed by atoms with Crippen molar-refractivity contribution < 1.29 is 14.2 Å². The van der Waals surface area contributed by atoms with Gasteiger partial charge in [0.2, 0.25) is 0 Å². The molecule has 0 spiro atoms. The van der Waals surface area contributed by atoms with E-state index in [4.69, 9.17) is 19.9 Å². The highest BCUT2D eigenvalue weighted by Gasteiger charge is 2.40. The van der Waals surface area contributed by atoms with Crippen molar-refractivity contribution in [1.82, 2.24) is 0 Å². The molecule has 0 amide bonds. The van der Waals surface area contributed by atoms with Crippen LogP contribution in [0.1, 0.15) is 32.8 Å². The first-order chi connectivity index (χ1) is 8.29. The second-order valence-electron chi connectivity index (χ2n) is 5.66. The fourth-order valence-electron chi connectivity index (χ4n) is 2.70. The molecule has 4 nitrogen and oxygen atoms in total. The lowest BCUT2D eigenvalue weighted by Crippen LogP contribution is -2.47. The molecule has 100 valence electrons. The third-order valence-electron chi connectivity index (χ3n) is 3.28. The maximum Gasteiger partial charge on any atom is 0.164 e. The largest absolute Gasteiger partial charge is 0.493 e. The maximum atomic E-state index is 6.40. The molecule has 0 saturated carbocycles. The van der Waals surface area contributed by atoms with Gasteiger partial charge in [0.25, 0.3) is 0 Å². The number of fused-ring (bicyclic) bond motifs is 1. The van der Waals surface area contributed by atoms with Crippen LogP contribution < -0.4 is 19.9 Å². The first kappa shape index (κ1) is 13.0. The smallest absolute Gasteiger partial charge is 0.164 e. The van der Waals surface area contributed by atoms with E-state index >= 15 is 0 Å². The summed E-state index contributed by atoms with van der Waals surface area (Å²) in [6.45, 7) is 6.09. The summed E-state index contributed by atoms with van der Waals surface area (Å²) >= 11 is 0. The van der Waals surface area contributed by atoms with Gasteiger partial charge in [-0.2, -0.15) is 0 Å². The predicted octanol–water partition coefficient (Wildman–Crippen LogP) is 2.44. The summed E-state index contributed by atoms with van der Waals surface area (Å²) in [6, 6.07) is 3.75. The van der Waals surface area contributed by atoms with Crippen molar-refractivity contribution in [2.24, 2.45) is 5.73 Å². The van der Waals surface area contributed by atoms with Gasteiger partial charge < -0.3 is 19.9 Å². The highest BCUT2D eigenvalue weighted by atomic mass is 16.5. The van der Waals surface area contributed by atoms with Gasteiger partial charge in [0.1, 0.15) is 11.4 Å². The van der Waals surface area contributed by atoms with Crippen molar-refractivity contribution in [2.75, 3.05) is 14.2 Å². The minimum absolute atomic E-state index is 0.282. The van der Waals surface area contributed by atoms with Crippen molar-refractivity contribution >= 4 is 0 Å². The molecule has 2 rings (SSSR count). The monoisotopic (exact) mass is 251 g/mol. The lowest BCUT2D eigenvalue weighted by molar-refractivity contribution is 0.0497. The van der Waals surface area contributed by atoms with Gasteiger partial charge in [0.15, 0.2) is 11.5 Å². The van der Waals surface area contributed by atoms with Gasteiger partial charge in [-0.3, -0.25) is 0 Å². The van der Waals surface area contributed by atoms with Gasteiger partial charge in [-0.05, 0) is 26.8 Å². The molecule has 0 radical (unpaired) electrons. The Morgan fingerprint density at radius 1 is 1.11 bits per heavy atom. The molecule has 1 atom stereocenters. The first-order valence-electron chi connectivity index (χ1n) is 6.03. The summed E-state index contributed by atoms with van der Waals surface area (Å²) in [4.78, 5) is 0. The maximum absolute atomic E-state index is 6.40. The predicted molar refractivity (Wildman–Crippen MR) is 70.4 cm³/mol. The van der Waals surface area contributed by atoms with Crippen LogP contribution in [0.3, 0.4) is 0 Å². The second-order valence-corrected chi connectivity index (χ2v) is 5.66. The summed E-state index contributed by atoms with van der Waals surface area (Å²) in [5.41, 5.74) is 6.65. The van der Waals surface area contributed by atoms with E-state index < -0.39 is 5.54 Å². The summed E-state index contributed by atoms with van der Waals surface area (Å²) in [7, 11) is 3.23. The molecule has 1 aliphatic rings. The average Bonchev–Trinajstić information content (AvgIpc) is 2.24. The van der Waals surface area contributed by atoms with Crippen LogP contribution in [0.15, 0.2) is 12.1 Å². The van der Waals surface area contributed by atoms with E-state index in [1.807, 2.05) is 32.9 Å². The molecule has 0 aliphatic carbocycles. The number of benzene rings is 1. The Morgan fingerprint density at radius 2 is 1.67 bits per heavy atom. The van der Waals surface area contributed by atoms with Crippen LogP contribution in [0.4, 0.5) is 0 Å². The molecule has 18 heavy (non-hydrogen) atoms. The molecule has 1 aromatic carbocycles. The Morgan fingerprint density at radius 3 is 2.22 bits per heavy atom. The van der Waals surface area contributed by atoms with Gasteiger partial charge in [0.05, 0.1) is 14.2 Å². The highest BCUT2D eigenvalue weighted by molar-refractivity contribution is 5.54. The average molecular weight is 251 g/mol. The molecular weight excluding hydrogens is 230 g/mol. The summed E-state index contributed by atoms with van der Waals surface area (Å²) < 4.78 is 16.6. The molecule has 1 aliphatic heterocycles. The number of hydrogen-bond acceptors (Lipinski definition) is 4. The fraction of sp³-hybridized carbons (Fsp3) is 0.571. The number of methoxy groups -OCH3 is 2. The van der Waals surface area contributed by atoms with Gasteiger partial charge in [-0.15, -0.1) is 0 Å². The molecule has 4 heteroatoms. The van der Waals surface area contributed by atoms with Crippen molar-refractivity contribution in [2.45, 2.75) is 38.3 Å². The van der Waals surface area contributed by atoms with E-state index in [9.17, 15) is 0 Å². The van der Waals surface area contributed by atoms with E-state index in [2.05, 4.69) is 0 Å². The van der Waals surface area contributed by atoms with Gasteiger partial charge >= 0.3 is 0 Å². The van der Waals surface area contributed by atoms with Crippen LogP contribution in [0, 0.1) is 0 Å². The first-order valence-corrected chi connectivity index (χ1v) is 6.03. The van der Waals surface area contributed by atoms with Gasteiger partial charge in [0, 0.05) is 23.6 Å². The molecular formula is C14H21NO3. The van der Waals surface area contributed by atoms with Crippen molar-refractivity contribution in [3.8, 4) is 17.2 Å². The Bertz CT molecular complexity index is 466. The summed E-state index contributed by atoms with van der Waals surface area (Å²) in [6.07, 6.45) is 0.752. The third-order valence-corrected chi connectivity index (χ3v) is 3.28. The minimum Gasteiger partial charge on any atom is -0.493 e. The molecule has 0 aromatic heterocycles. The molecule has 2 N–H and O–H groups in total. The van der Waals surface area contributed by atoms with Crippen LogP contribution in [-0.4, -0.2) is 19.8 Å². The summed E-state index contributed by atoms with van der Waals surface area (Å²) in [5.74, 6) is 2.11. The minimum atomic E-state index is -0.434. The number of hydrogen-bond donors (Lipinski definition) is 1. The zero-order valence-electron chi connectivity index (χ0n) is 11.7. The Kier molecular flexibility index (Phi) is 2.93. The van der Waals surface area contributed by atoms with Crippen molar-refractivity contribution in [3.05, 3.63) is 17.7 Å². The van der Waals surface area contributed by atoms with Crippen LogP contribution in [0.25, 0.3) is 0 Å². The van der Waals surface area contributed by atoms with Crippen LogP contribution in [-0.2, 0) is 5.54 Å². The van der Waals surface area contributed by atoms with Gasteiger partial charge in [-0.25, -0.2) is 0 Å². The lowest BCUT2D eigenvalue weighted by atomic mass is 9.79. The SMILES string of the molecule is COc1cc2c(cc1OC)C(C)(N)CC(C)(C)O2. The highest BCUT2D eigenvalue weighted by Crippen LogP contribution is 2.46. The molecule has 0 fully saturated rings. The Hall–Kier alpha value is -1.42. The van der Waals surface area contributed by atoms with Crippen LogP contribution in [0.2, 0.25) is 0 Å². The third kappa shape index (κ3) is 2.12. The molecule has 1 unspecified atom stereocenters. The molecule has 1 aromatic rings. The fourth-order valence-corrected chi connectivity index (χ4v) is 2.70. The standard InChI is InChI=1S/C14H21NO3/c1-13(2)8-14(3,15)9-6-11(16-4)12(17-5)7-10(9)18-13/h6-7H,8,15H2,1-5H3. The van der Waals surface area contributed by atoms with E-state index in [1.54, 1.807) is 14.2 Å². The van der Waals surface area contributed by atoms with E-state index in [0.29, 0.717) is 11.5 Å². The zero-order chi connectivity index (χ0) is 13.6. The zero-order valence-corrected chi connectivity index (χ0v) is 11.7. The summed E-state index contributed by atoms with van der Waals surface area (Å²) in [5, 5.41) is 0. The van der Waals surface area contributed by atoms with Crippen molar-refractivity contribution in [3.63, 3.8) is 0 Å². The van der Waals surface area contributed by atoms with E-state index in [-0.39, 0.29) is 5.60 Å². The van der Waals surface area contributed by atoms with Gasteiger partial charge in [-0.1, -0.05) is 0 Å². The molecule has 0 bridgehead atoms. The number of rotatable bonds is 2. The normalized spacial score (nSPS) is 25.0. The van der Waals surface area contributed by atoms with E-state index in [1.165, 1.54) is 0 Å². The second kappa shape index (κ2) is 4.05. The molecule has 1 heterocycles. The number of ether oxygens (including phenoxy) is 3. The van der Waals surface area contributed by atoms with E-state index in [0.717, 1.165) is 17.7 Å². The Labute approximate surface area is 108 Å². The van der Waals surface area contributed by atoms with Crippen molar-refractivity contribution in [1.29, 1.82) is 0 Å². The topological polar surface area (TPSA) is 53.7 Å². The number of nitrogens with two attached hydrogens (primary N) is 1. The molecule has 0 saturated heterocycles. The van der Waals surface area contributed by atoms with Crippen LogP contribution >= 0.6 is 0 Å². The lowest BCUT2D eigenvalue weighted by Gasteiger charge is -2.42.